The van der Waals surface area contributed by atoms with Crippen molar-refractivity contribution in [3.8, 4) is 5.88 Å². The maximum absolute atomic E-state index is 10.7. The van der Waals surface area contributed by atoms with Gasteiger partial charge in [-0.15, -0.1) is 0 Å². The molecule has 0 N–H and O–H groups in total. The summed E-state index contributed by atoms with van der Waals surface area (Å²) in [6, 6.07) is 1.44. The molecule has 0 aliphatic heterocycles. The monoisotopic (exact) mass is 286 g/mol. The number of ether oxygens (including phenoxy) is 1. The molecule has 86 valence electrons. The molecule has 0 aliphatic carbocycles. The van der Waals surface area contributed by atoms with Gasteiger partial charge in [-0.2, -0.15) is 0 Å². The first-order valence-electron chi connectivity index (χ1n) is 4.60. The van der Waals surface area contributed by atoms with Crippen LogP contribution in [0.3, 0.4) is 0 Å². The number of allylic oxidation sites excluding steroid dienone is 1. The molecule has 0 spiro atoms. The van der Waals surface area contributed by atoms with Crippen LogP contribution >= 0.6 is 15.9 Å². The second-order valence-electron chi connectivity index (χ2n) is 2.93. The number of nitrogens with zero attached hydrogens (tertiary/aromatic N) is 2. The van der Waals surface area contributed by atoms with Gasteiger partial charge in [0.1, 0.15) is 0 Å². The molecule has 0 bridgehead atoms. The Labute approximate surface area is 101 Å². The number of pyridine rings is 1. The van der Waals surface area contributed by atoms with Crippen LogP contribution < -0.4 is 4.74 Å². The van der Waals surface area contributed by atoms with E-state index in [1.807, 2.05) is 6.08 Å². The summed E-state index contributed by atoms with van der Waals surface area (Å²) in [4.78, 5) is 14.1. The smallest absolute Gasteiger partial charge is 0.331 e. The SMILES string of the molecule is COc1ncc(C=CCCBr)cc1[N+](=O)[O-]. The Morgan fingerprint density at radius 1 is 1.69 bits per heavy atom. The minimum Gasteiger partial charge on any atom is -0.476 e. The zero-order chi connectivity index (χ0) is 12.0. The number of alkyl halides is 1. The van der Waals surface area contributed by atoms with Crippen molar-refractivity contribution in [1.82, 2.24) is 4.98 Å². The molecule has 0 amide bonds. The van der Waals surface area contributed by atoms with E-state index in [2.05, 4.69) is 20.9 Å². The summed E-state index contributed by atoms with van der Waals surface area (Å²) in [5.41, 5.74) is 0.567. The van der Waals surface area contributed by atoms with Crippen molar-refractivity contribution < 1.29 is 9.66 Å². The minimum absolute atomic E-state index is 0.0302. The molecule has 1 aromatic heterocycles. The third-order valence-electron chi connectivity index (χ3n) is 1.83. The molecule has 1 heterocycles. The molecule has 0 saturated heterocycles. The van der Waals surface area contributed by atoms with Gasteiger partial charge in [0.05, 0.1) is 12.0 Å². The van der Waals surface area contributed by atoms with Crippen molar-refractivity contribution in [2.45, 2.75) is 6.42 Å². The summed E-state index contributed by atoms with van der Waals surface area (Å²) in [5.74, 6) is 0.0302. The van der Waals surface area contributed by atoms with Crippen molar-refractivity contribution in [3.05, 3.63) is 34.0 Å². The minimum atomic E-state index is -0.506. The lowest BCUT2D eigenvalue weighted by atomic mass is 10.2. The van der Waals surface area contributed by atoms with Gasteiger partial charge in [0.25, 0.3) is 5.88 Å². The number of methoxy groups -OCH3 is 1. The number of halogens is 1. The summed E-state index contributed by atoms with van der Waals surface area (Å²) in [7, 11) is 1.36. The highest BCUT2D eigenvalue weighted by Crippen LogP contribution is 2.24. The average molecular weight is 287 g/mol. The molecular weight excluding hydrogens is 276 g/mol. The Hall–Kier alpha value is -1.43. The van der Waals surface area contributed by atoms with E-state index in [4.69, 9.17) is 4.74 Å². The zero-order valence-corrected chi connectivity index (χ0v) is 10.3. The second-order valence-corrected chi connectivity index (χ2v) is 3.73. The van der Waals surface area contributed by atoms with Crippen LogP contribution in [-0.2, 0) is 0 Å². The van der Waals surface area contributed by atoms with Gasteiger partial charge < -0.3 is 4.74 Å². The van der Waals surface area contributed by atoms with E-state index in [0.29, 0.717) is 5.56 Å². The Morgan fingerprint density at radius 3 is 3.00 bits per heavy atom. The third kappa shape index (κ3) is 3.30. The fourth-order valence-electron chi connectivity index (χ4n) is 1.12. The Bertz CT molecular complexity index is 407. The van der Waals surface area contributed by atoms with Crippen molar-refractivity contribution in [3.63, 3.8) is 0 Å². The normalized spacial score (nSPS) is 10.6. The fourth-order valence-corrected chi connectivity index (χ4v) is 1.38. The molecule has 0 radical (unpaired) electrons. The summed E-state index contributed by atoms with van der Waals surface area (Å²) < 4.78 is 4.80. The third-order valence-corrected chi connectivity index (χ3v) is 2.29. The maximum atomic E-state index is 10.7. The molecule has 1 aromatic rings. The highest BCUT2D eigenvalue weighted by molar-refractivity contribution is 9.09. The van der Waals surface area contributed by atoms with Crippen molar-refractivity contribution in [2.24, 2.45) is 0 Å². The highest BCUT2D eigenvalue weighted by Gasteiger charge is 2.15. The number of hydrogen-bond donors (Lipinski definition) is 0. The Morgan fingerprint density at radius 2 is 2.44 bits per heavy atom. The maximum Gasteiger partial charge on any atom is 0.331 e. The van der Waals surface area contributed by atoms with E-state index in [-0.39, 0.29) is 11.6 Å². The number of rotatable bonds is 5. The van der Waals surface area contributed by atoms with Gasteiger partial charge in [-0.25, -0.2) is 4.98 Å². The van der Waals surface area contributed by atoms with Crippen molar-refractivity contribution in [2.75, 3.05) is 12.4 Å². The van der Waals surface area contributed by atoms with Gasteiger partial charge in [-0.3, -0.25) is 10.1 Å². The molecule has 0 aliphatic rings. The van der Waals surface area contributed by atoms with Crippen molar-refractivity contribution >= 4 is 27.7 Å². The molecule has 16 heavy (non-hydrogen) atoms. The molecule has 0 unspecified atom stereocenters. The lowest BCUT2D eigenvalue weighted by Crippen LogP contribution is -1.96. The van der Waals surface area contributed by atoms with Crippen LogP contribution in [0.15, 0.2) is 18.3 Å². The lowest BCUT2D eigenvalue weighted by Gasteiger charge is -2.00. The van der Waals surface area contributed by atoms with Gasteiger partial charge in [-0.05, 0) is 12.0 Å². The van der Waals surface area contributed by atoms with E-state index in [0.717, 1.165) is 11.8 Å². The Balaban J connectivity index is 2.98. The molecule has 0 fully saturated rings. The highest BCUT2D eigenvalue weighted by atomic mass is 79.9. The van der Waals surface area contributed by atoms with Gasteiger partial charge in [0, 0.05) is 17.6 Å². The molecular formula is C10H11BrN2O3. The van der Waals surface area contributed by atoms with Crippen LogP contribution in [0.25, 0.3) is 6.08 Å². The van der Waals surface area contributed by atoms with E-state index < -0.39 is 4.92 Å². The molecule has 0 saturated carbocycles. The summed E-state index contributed by atoms with van der Waals surface area (Å²) in [5, 5.41) is 11.6. The lowest BCUT2D eigenvalue weighted by molar-refractivity contribution is -0.386. The van der Waals surface area contributed by atoms with Crippen LogP contribution in [-0.4, -0.2) is 22.3 Å². The topological polar surface area (TPSA) is 65.3 Å². The number of hydrogen-bond acceptors (Lipinski definition) is 4. The first-order valence-corrected chi connectivity index (χ1v) is 5.72. The first-order chi connectivity index (χ1) is 7.69. The predicted octanol–water partition coefficient (Wildman–Crippen LogP) is 2.80. The Kier molecular flexibility index (Phi) is 4.91. The average Bonchev–Trinajstić information content (AvgIpc) is 2.29. The van der Waals surface area contributed by atoms with Crippen molar-refractivity contribution in [1.29, 1.82) is 0 Å². The van der Waals surface area contributed by atoms with E-state index in [1.165, 1.54) is 19.4 Å². The standard InChI is InChI=1S/C10H11BrN2O3/c1-16-10-9(13(14)15)6-8(7-12-10)4-2-3-5-11/h2,4,6-7H,3,5H2,1H3. The van der Waals surface area contributed by atoms with Crippen LogP contribution in [0.5, 0.6) is 5.88 Å². The van der Waals surface area contributed by atoms with Gasteiger partial charge in [0.15, 0.2) is 0 Å². The first kappa shape index (κ1) is 12.6. The van der Waals surface area contributed by atoms with E-state index in [9.17, 15) is 10.1 Å². The quantitative estimate of drug-likeness (QED) is 0.474. The molecule has 5 nitrogen and oxygen atoms in total. The van der Waals surface area contributed by atoms with Gasteiger partial charge in [-0.1, -0.05) is 28.1 Å². The summed E-state index contributed by atoms with van der Waals surface area (Å²) in [6.07, 6.45) is 6.11. The number of aromatic nitrogens is 1. The van der Waals surface area contributed by atoms with Crippen LogP contribution in [0.4, 0.5) is 5.69 Å². The summed E-state index contributed by atoms with van der Waals surface area (Å²) >= 11 is 3.29. The molecule has 6 heteroatoms. The van der Waals surface area contributed by atoms with E-state index >= 15 is 0 Å². The van der Waals surface area contributed by atoms with Gasteiger partial charge >= 0.3 is 5.69 Å². The molecule has 1 rings (SSSR count). The number of nitro groups is 1. The predicted molar refractivity (Wildman–Crippen MR) is 64.9 cm³/mol. The largest absolute Gasteiger partial charge is 0.476 e. The fraction of sp³-hybridized carbons (Fsp3) is 0.300. The van der Waals surface area contributed by atoms with Crippen LogP contribution in [0.1, 0.15) is 12.0 Å². The molecule has 0 atom stereocenters. The second kappa shape index (κ2) is 6.22. The van der Waals surface area contributed by atoms with E-state index in [1.54, 1.807) is 6.08 Å². The zero-order valence-electron chi connectivity index (χ0n) is 8.72. The molecule has 0 aromatic carbocycles. The summed E-state index contributed by atoms with van der Waals surface area (Å²) in [6.45, 7) is 0. The van der Waals surface area contributed by atoms with Crippen LogP contribution in [0.2, 0.25) is 0 Å². The van der Waals surface area contributed by atoms with Gasteiger partial charge in [0.2, 0.25) is 0 Å². The van der Waals surface area contributed by atoms with Crippen LogP contribution in [0, 0.1) is 10.1 Å².